The van der Waals surface area contributed by atoms with E-state index in [-0.39, 0.29) is 6.03 Å². The van der Waals surface area contributed by atoms with Gasteiger partial charge in [-0.1, -0.05) is 31.2 Å². The number of nitrogens with one attached hydrogen (secondary N) is 2. The van der Waals surface area contributed by atoms with E-state index in [1.54, 1.807) is 0 Å². The zero-order chi connectivity index (χ0) is 15.8. The monoisotopic (exact) mass is 298 g/mol. The Bertz CT molecular complexity index is 609. The molecule has 0 radical (unpaired) electrons. The van der Waals surface area contributed by atoms with Crippen molar-refractivity contribution < 1.29 is 9.53 Å². The average molecular weight is 298 g/mol. The van der Waals surface area contributed by atoms with Crippen LogP contribution < -0.4 is 15.4 Å². The molecule has 2 aromatic rings. The van der Waals surface area contributed by atoms with Crippen molar-refractivity contribution in [3.05, 3.63) is 59.7 Å². The molecule has 0 aromatic heterocycles. The average Bonchev–Trinajstić information content (AvgIpc) is 2.54. The van der Waals surface area contributed by atoms with E-state index < -0.39 is 0 Å². The van der Waals surface area contributed by atoms with Crippen molar-refractivity contribution >= 4 is 11.7 Å². The molecule has 0 atom stereocenters. The Morgan fingerprint density at radius 1 is 1.05 bits per heavy atom. The van der Waals surface area contributed by atoms with Crippen LogP contribution in [0.25, 0.3) is 0 Å². The molecule has 2 aromatic carbocycles. The molecule has 0 aliphatic carbocycles. The Balaban J connectivity index is 1.85. The number of hydrogen-bond acceptors (Lipinski definition) is 2. The summed E-state index contributed by atoms with van der Waals surface area (Å²) in [6, 6.07) is 15.3. The van der Waals surface area contributed by atoms with Crippen LogP contribution in [0.1, 0.15) is 25.0 Å². The molecule has 4 nitrogen and oxygen atoms in total. The Kier molecular flexibility index (Phi) is 5.83. The van der Waals surface area contributed by atoms with Gasteiger partial charge in [-0.15, -0.1) is 0 Å². The first-order chi connectivity index (χ1) is 10.7. The van der Waals surface area contributed by atoms with Gasteiger partial charge in [-0.25, -0.2) is 4.79 Å². The lowest BCUT2D eigenvalue weighted by Gasteiger charge is -2.09. The van der Waals surface area contributed by atoms with Crippen molar-refractivity contribution in [3.8, 4) is 5.75 Å². The summed E-state index contributed by atoms with van der Waals surface area (Å²) < 4.78 is 5.44. The first kappa shape index (κ1) is 15.9. The van der Waals surface area contributed by atoms with Crippen LogP contribution in [0.15, 0.2) is 48.5 Å². The number of carbonyl (C=O) groups is 1. The minimum Gasteiger partial charge on any atom is -0.494 e. The molecule has 0 saturated carbocycles. The second-order valence-electron chi connectivity index (χ2n) is 4.94. The summed E-state index contributed by atoms with van der Waals surface area (Å²) in [4.78, 5) is 11.9. The Labute approximate surface area is 131 Å². The quantitative estimate of drug-likeness (QED) is 0.848. The summed E-state index contributed by atoms with van der Waals surface area (Å²) in [5, 5.41) is 5.66. The van der Waals surface area contributed by atoms with Gasteiger partial charge in [-0.2, -0.15) is 0 Å². The van der Waals surface area contributed by atoms with Crippen LogP contribution in [0.2, 0.25) is 0 Å². The van der Waals surface area contributed by atoms with E-state index in [0.29, 0.717) is 13.2 Å². The zero-order valence-electron chi connectivity index (χ0n) is 13.1. The number of hydrogen-bond donors (Lipinski definition) is 2. The molecule has 4 heteroatoms. The van der Waals surface area contributed by atoms with Gasteiger partial charge in [0.15, 0.2) is 0 Å². The van der Waals surface area contributed by atoms with Crippen LogP contribution in [0, 0.1) is 0 Å². The fourth-order valence-electron chi connectivity index (χ4n) is 2.09. The molecule has 0 fully saturated rings. The molecule has 2 N–H and O–H groups in total. The molecule has 0 heterocycles. The molecular formula is C18H22N2O2. The number of anilines is 1. The van der Waals surface area contributed by atoms with Crippen LogP contribution >= 0.6 is 0 Å². The van der Waals surface area contributed by atoms with Crippen LogP contribution in [0.5, 0.6) is 5.75 Å². The lowest BCUT2D eigenvalue weighted by atomic mass is 10.1. The topological polar surface area (TPSA) is 50.4 Å². The highest BCUT2D eigenvalue weighted by atomic mass is 16.5. The fraction of sp³-hybridized carbons (Fsp3) is 0.278. The number of amides is 2. The Hall–Kier alpha value is -2.49. The lowest BCUT2D eigenvalue weighted by Crippen LogP contribution is -2.28. The van der Waals surface area contributed by atoms with Gasteiger partial charge >= 0.3 is 6.03 Å². The van der Waals surface area contributed by atoms with Crippen molar-refractivity contribution in [1.29, 1.82) is 0 Å². The normalized spacial score (nSPS) is 10.1. The highest BCUT2D eigenvalue weighted by Crippen LogP contribution is 2.13. The molecule has 2 rings (SSSR count). The molecule has 0 saturated heterocycles. The van der Waals surface area contributed by atoms with Crippen molar-refractivity contribution in [2.75, 3.05) is 11.9 Å². The van der Waals surface area contributed by atoms with Gasteiger partial charge in [0.05, 0.1) is 6.61 Å². The predicted octanol–water partition coefficient (Wildman–Crippen LogP) is 3.97. The summed E-state index contributed by atoms with van der Waals surface area (Å²) in [5.74, 6) is 0.817. The summed E-state index contributed by atoms with van der Waals surface area (Å²) >= 11 is 0. The fourth-order valence-corrected chi connectivity index (χ4v) is 2.09. The largest absolute Gasteiger partial charge is 0.494 e. The number of carbonyl (C=O) groups excluding carboxylic acids is 1. The van der Waals surface area contributed by atoms with Gasteiger partial charge in [-0.05, 0) is 48.7 Å². The molecular weight excluding hydrogens is 276 g/mol. The van der Waals surface area contributed by atoms with Crippen molar-refractivity contribution in [3.63, 3.8) is 0 Å². The highest BCUT2D eigenvalue weighted by molar-refractivity contribution is 5.89. The van der Waals surface area contributed by atoms with Crippen LogP contribution in [-0.4, -0.2) is 12.6 Å². The third-order valence-electron chi connectivity index (χ3n) is 3.28. The van der Waals surface area contributed by atoms with Gasteiger partial charge in [0.2, 0.25) is 0 Å². The molecule has 0 spiro atoms. The molecule has 2 amide bonds. The first-order valence-corrected chi connectivity index (χ1v) is 7.56. The second-order valence-corrected chi connectivity index (χ2v) is 4.94. The summed E-state index contributed by atoms with van der Waals surface area (Å²) in [7, 11) is 0. The number of benzene rings is 2. The molecule has 0 unspecified atom stereocenters. The van der Waals surface area contributed by atoms with E-state index in [9.17, 15) is 4.79 Å². The molecule has 0 bridgehead atoms. The van der Waals surface area contributed by atoms with Gasteiger partial charge in [0.1, 0.15) is 5.75 Å². The predicted molar refractivity (Wildman–Crippen MR) is 89.3 cm³/mol. The molecule has 0 aliphatic heterocycles. The van der Waals surface area contributed by atoms with E-state index in [2.05, 4.69) is 17.6 Å². The van der Waals surface area contributed by atoms with E-state index >= 15 is 0 Å². The molecule has 0 aliphatic rings. The summed E-state index contributed by atoms with van der Waals surface area (Å²) in [5.41, 5.74) is 3.04. The number of aryl methyl sites for hydroxylation is 1. The van der Waals surface area contributed by atoms with Crippen molar-refractivity contribution in [2.45, 2.75) is 26.8 Å². The first-order valence-electron chi connectivity index (χ1n) is 7.56. The Morgan fingerprint density at radius 3 is 2.50 bits per heavy atom. The summed E-state index contributed by atoms with van der Waals surface area (Å²) in [6.07, 6.45) is 0.989. The van der Waals surface area contributed by atoms with Crippen molar-refractivity contribution in [1.82, 2.24) is 5.32 Å². The van der Waals surface area contributed by atoms with Gasteiger partial charge in [0.25, 0.3) is 0 Å². The standard InChI is InChI=1S/C18H22N2O2/c1-3-14-8-10-16(11-9-14)20-18(21)19-13-15-6-5-7-17(12-15)22-4-2/h5-12H,3-4,13H2,1-2H3,(H2,19,20,21). The van der Waals surface area contributed by atoms with E-state index in [0.717, 1.165) is 23.4 Å². The number of ether oxygens (including phenoxy) is 1. The van der Waals surface area contributed by atoms with Crippen LogP contribution in [0.4, 0.5) is 10.5 Å². The van der Waals surface area contributed by atoms with Gasteiger partial charge in [-0.3, -0.25) is 0 Å². The van der Waals surface area contributed by atoms with E-state index in [1.807, 2.05) is 55.5 Å². The van der Waals surface area contributed by atoms with Crippen LogP contribution in [-0.2, 0) is 13.0 Å². The SMILES string of the molecule is CCOc1cccc(CNC(=O)Nc2ccc(CC)cc2)c1. The third kappa shape index (κ3) is 4.81. The van der Waals surface area contributed by atoms with Gasteiger partial charge in [0, 0.05) is 12.2 Å². The lowest BCUT2D eigenvalue weighted by molar-refractivity contribution is 0.251. The van der Waals surface area contributed by atoms with E-state index in [1.165, 1.54) is 5.56 Å². The van der Waals surface area contributed by atoms with E-state index in [4.69, 9.17) is 4.74 Å². The highest BCUT2D eigenvalue weighted by Gasteiger charge is 2.02. The number of rotatable bonds is 6. The molecule has 116 valence electrons. The van der Waals surface area contributed by atoms with Gasteiger partial charge < -0.3 is 15.4 Å². The maximum absolute atomic E-state index is 11.9. The maximum Gasteiger partial charge on any atom is 0.319 e. The Morgan fingerprint density at radius 2 is 1.82 bits per heavy atom. The zero-order valence-corrected chi connectivity index (χ0v) is 13.1. The summed E-state index contributed by atoms with van der Waals surface area (Å²) in [6.45, 7) is 5.14. The third-order valence-corrected chi connectivity index (χ3v) is 3.28. The van der Waals surface area contributed by atoms with Crippen molar-refractivity contribution in [2.24, 2.45) is 0 Å². The number of urea groups is 1. The minimum atomic E-state index is -0.217. The maximum atomic E-state index is 11.9. The second kappa shape index (κ2) is 8.08. The smallest absolute Gasteiger partial charge is 0.319 e. The molecule has 22 heavy (non-hydrogen) atoms. The minimum absolute atomic E-state index is 0.217. The van der Waals surface area contributed by atoms with Crippen LogP contribution in [0.3, 0.4) is 0 Å².